The standard InChI is InChI=1S/C11H14F3N3OS/c1-6-4-9(8(3)18-6)7(2)16-17-10(19)15-5-11(12,13)14/h4H,5H2,1-3H3,(H2,15,17,19)/b16-7+. The average Bonchev–Trinajstić information content (AvgIpc) is 2.61. The van der Waals surface area contributed by atoms with Crippen LogP contribution in [0.3, 0.4) is 0 Å². The summed E-state index contributed by atoms with van der Waals surface area (Å²) in [5.74, 6) is 1.43. The summed E-state index contributed by atoms with van der Waals surface area (Å²) in [6, 6.07) is 1.79. The van der Waals surface area contributed by atoms with E-state index in [1.165, 1.54) is 0 Å². The molecule has 0 bridgehead atoms. The maximum absolute atomic E-state index is 11.9. The summed E-state index contributed by atoms with van der Waals surface area (Å²) < 4.78 is 41.1. The zero-order chi connectivity index (χ0) is 14.6. The van der Waals surface area contributed by atoms with Crippen LogP contribution in [0.4, 0.5) is 13.2 Å². The Morgan fingerprint density at radius 1 is 1.42 bits per heavy atom. The number of rotatable bonds is 3. The Morgan fingerprint density at radius 2 is 2.05 bits per heavy atom. The van der Waals surface area contributed by atoms with E-state index in [-0.39, 0.29) is 5.11 Å². The van der Waals surface area contributed by atoms with Crippen LogP contribution in [0, 0.1) is 13.8 Å². The Morgan fingerprint density at radius 3 is 2.53 bits per heavy atom. The van der Waals surface area contributed by atoms with Gasteiger partial charge in [0.2, 0.25) is 0 Å². The quantitative estimate of drug-likeness (QED) is 0.511. The van der Waals surface area contributed by atoms with Crippen molar-refractivity contribution in [3.05, 3.63) is 23.2 Å². The van der Waals surface area contributed by atoms with E-state index in [0.717, 1.165) is 11.3 Å². The predicted molar refractivity (Wildman–Crippen MR) is 70.2 cm³/mol. The lowest BCUT2D eigenvalue weighted by Gasteiger charge is -2.10. The van der Waals surface area contributed by atoms with E-state index in [2.05, 4.69) is 22.7 Å². The molecule has 19 heavy (non-hydrogen) atoms. The van der Waals surface area contributed by atoms with Crippen LogP contribution in [0.15, 0.2) is 15.6 Å². The predicted octanol–water partition coefficient (Wildman–Crippen LogP) is 2.65. The van der Waals surface area contributed by atoms with Gasteiger partial charge in [0.1, 0.15) is 18.1 Å². The zero-order valence-corrected chi connectivity index (χ0v) is 11.5. The number of aryl methyl sites for hydroxylation is 2. The van der Waals surface area contributed by atoms with Gasteiger partial charge in [0.15, 0.2) is 5.11 Å². The smallest absolute Gasteiger partial charge is 0.405 e. The number of hydrazone groups is 1. The molecule has 1 aromatic heterocycles. The second kappa shape index (κ2) is 6.05. The van der Waals surface area contributed by atoms with Crippen LogP contribution in [0.2, 0.25) is 0 Å². The number of nitrogens with one attached hydrogen (secondary N) is 2. The van der Waals surface area contributed by atoms with Gasteiger partial charge in [0.25, 0.3) is 0 Å². The second-order valence-corrected chi connectivity index (χ2v) is 4.34. The molecule has 0 fully saturated rings. The van der Waals surface area contributed by atoms with Gasteiger partial charge in [-0.25, -0.2) is 0 Å². The molecule has 0 aliphatic carbocycles. The van der Waals surface area contributed by atoms with Gasteiger partial charge in [-0.15, -0.1) is 0 Å². The maximum atomic E-state index is 11.9. The zero-order valence-electron chi connectivity index (χ0n) is 10.7. The molecule has 0 amide bonds. The van der Waals surface area contributed by atoms with E-state index >= 15 is 0 Å². The summed E-state index contributed by atoms with van der Waals surface area (Å²) in [6.45, 7) is 4.09. The molecule has 0 saturated carbocycles. The molecule has 0 aliphatic rings. The van der Waals surface area contributed by atoms with Crippen LogP contribution < -0.4 is 10.7 Å². The summed E-state index contributed by atoms with van der Waals surface area (Å²) in [4.78, 5) is 0. The van der Waals surface area contributed by atoms with E-state index in [0.29, 0.717) is 11.5 Å². The molecule has 4 nitrogen and oxygen atoms in total. The third-order valence-electron chi connectivity index (χ3n) is 2.21. The van der Waals surface area contributed by atoms with Gasteiger partial charge in [-0.05, 0) is 39.1 Å². The summed E-state index contributed by atoms with van der Waals surface area (Å²) in [7, 11) is 0. The Kier molecular flexibility index (Phi) is 4.93. The SMILES string of the molecule is C/C(=N\NC(=S)NCC(F)(F)F)c1cc(C)oc1C. The number of furan rings is 1. The average molecular weight is 293 g/mol. The van der Waals surface area contributed by atoms with E-state index in [1.54, 1.807) is 26.8 Å². The minimum absolute atomic E-state index is 0.186. The highest BCUT2D eigenvalue weighted by Gasteiger charge is 2.26. The number of nitrogens with zero attached hydrogens (tertiary/aromatic N) is 1. The lowest BCUT2D eigenvalue weighted by molar-refractivity contribution is -0.122. The third-order valence-corrected chi connectivity index (χ3v) is 2.44. The van der Waals surface area contributed by atoms with E-state index in [4.69, 9.17) is 4.42 Å². The summed E-state index contributed by atoms with van der Waals surface area (Å²) in [5, 5.41) is 5.73. The first-order chi connectivity index (χ1) is 8.69. The van der Waals surface area contributed by atoms with Crippen molar-refractivity contribution >= 4 is 23.0 Å². The topological polar surface area (TPSA) is 49.6 Å². The maximum Gasteiger partial charge on any atom is 0.405 e. The van der Waals surface area contributed by atoms with Gasteiger partial charge in [0, 0.05) is 5.56 Å². The number of alkyl halides is 3. The Bertz CT molecular complexity index is 494. The minimum Gasteiger partial charge on any atom is -0.466 e. The molecule has 0 aliphatic heterocycles. The molecule has 0 aromatic carbocycles. The highest BCUT2D eigenvalue weighted by molar-refractivity contribution is 7.80. The van der Waals surface area contributed by atoms with Crippen molar-refractivity contribution in [1.82, 2.24) is 10.7 Å². The molecular formula is C11H14F3N3OS. The number of halogens is 3. The van der Waals surface area contributed by atoms with Crippen molar-refractivity contribution in [3.8, 4) is 0 Å². The van der Waals surface area contributed by atoms with Crippen molar-refractivity contribution in [3.63, 3.8) is 0 Å². The van der Waals surface area contributed by atoms with Gasteiger partial charge >= 0.3 is 6.18 Å². The van der Waals surface area contributed by atoms with Crippen molar-refractivity contribution in [2.24, 2.45) is 5.10 Å². The van der Waals surface area contributed by atoms with Gasteiger partial charge < -0.3 is 9.73 Å². The molecule has 0 spiro atoms. The van der Waals surface area contributed by atoms with E-state index in [1.807, 2.05) is 5.32 Å². The van der Waals surface area contributed by atoms with Gasteiger partial charge in [-0.1, -0.05) is 0 Å². The minimum atomic E-state index is -4.32. The molecule has 0 saturated heterocycles. The molecule has 1 aromatic rings. The van der Waals surface area contributed by atoms with Gasteiger partial charge in [-0.2, -0.15) is 18.3 Å². The van der Waals surface area contributed by atoms with Crippen molar-refractivity contribution in [2.75, 3.05) is 6.54 Å². The molecule has 0 unspecified atom stereocenters. The first kappa shape index (κ1) is 15.5. The molecule has 1 heterocycles. The van der Waals surface area contributed by atoms with Crippen molar-refractivity contribution in [1.29, 1.82) is 0 Å². The lowest BCUT2D eigenvalue weighted by atomic mass is 10.2. The Labute approximate surface area is 114 Å². The Hall–Kier alpha value is -1.57. The molecule has 1 rings (SSSR count). The lowest BCUT2D eigenvalue weighted by Crippen LogP contribution is -2.38. The molecule has 8 heteroatoms. The summed E-state index contributed by atoms with van der Waals surface area (Å²) in [5.41, 5.74) is 3.71. The fourth-order valence-corrected chi connectivity index (χ4v) is 1.52. The van der Waals surface area contributed by atoms with Crippen LogP contribution in [0.25, 0.3) is 0 Å². The third kappa shape index (κ3) is 5.29. The first-order valence-corrected chi connectivity index (χ1v) is 5.82. The van der Waals surface area contributed by atoms with Crippen LogP contribution in [0.5, 0.6) is 0 Å². The highest BCUT2D eigenvalue weighted by atomic mass is 32.1. The van der Waals surface area contributed by atoms with Gasteiger partial charge in [-0.3, -0.25) is 5.43 Å². The van der Waals surface area contributed by atoms with Crippen molar-refractivity contribution < 1.29 is 17.6 Å². The largest absolute Gasteiger partial charge is 0.466 e. The summed E-state index contributed by atoms with van der Waals surface area (Å²) in [6.07, 6.45) is -4.32. The highest BCUT2D eigenvalue weighted by Crippen LogP contribution is 2.14. The molecule has 106 valence electrons. The number of hydrogen-bond donors (Lipinski definition) is 2. The molecule has 2 N–H and O–H groups in total. The normalized spacial score (nSPS) is 12.4. The fraction of sp³-hybridized carbons (Fsp3) is 0.455. The van der Waals surface area contributed by atoms with E-state index in [9.17, 15) is 13.2 Å². The second-order valence-electron chi connectivity index (χ2n) is 3.93. The summed E-state index contributed by atoms with van der Waals surface area (Å²) >= 11 is 4.68. The molecule has 0 radical (unpaired) electrons. The number of thiocarbonyl (C=S) groups is 1. The van der Waals surface area contributed by atoms with Crippen LogP contribution in [0.1, 0.15) is 24.0 Å². The molecule has 0 atom stereocenters. The van der Waals surface area contributed by atoms with Crippen molar-refractivity contribution in [2.45, 2.75) is 26.9 Å². The van der Waals surface area contributed by atoms with Crippen LogP contribution in [-0.4, -0.2) is 23.5 Å². The van der Waals surface area contributed by atoms with Crippen LogP contribution >= 0.6 is 12.2 Å². The van der Waals surface area contributed by atoms with Gasteiger partial charge in [0.05, 0.1) is 5.71 Å². The Balaban J connectivity index is 2.57. The fourth-order valence-electron chi connectivity index (χ4n) is 1.40. The number of hydrogen-bond acceptors (Lipinski definition) is 3. The molecular weight excluding hydrogens is 279 g/mol. The van der Waals surface area contributed by atoms with Crippen LogP contribution in [-0.2, 0) is 0 Å². The van der Waals surface area contributed by atoms with E-state index < -0.39 is 12.7 Å². The monoisotopic (exact) mass is 293 g/mol. The first-order valence-electron chi connectivity index (χ1n) is 5.41.